The van der Waals surface area contributed by atoms with Crippen LogP contribution in [0.2, 0.25) is 8.67 Å². The van der Waals surface area contributed by atoms with E-state index in [2.05, 4.69) is 15.9 Å². The predicted molar refractivity (Wildman–Crippen MR) is 74.9 cm³/mol. The number of alkyl halides is 1. The minimum Gasteiger partial charge on any atom is -0.111 e. The van der Waals surface area contributed by atoms with Crippen LogP contribution in [0.1, 0.15) is 36.1 Å². The van der Waals surface area contributed by atoms with Gasteiger partial charge in [0.05, 0.1) is 8.67 Å². The van der Waals surface area contributed by atoms with Gasteiger partial charge in [-0.25, -0.2) is 0 Å². The van der Waals surface area contributed by atoms with Crippen LogP contribution in [0, 0.1) is 17.8 Å². The number of hydrogen-bond acceptors (Lipinski definition) is 1. The molecule has 4 heteroatoms. The number of rotatable bonds is 2. The summed E-state index contributed by atoms with van der Waals surface area (Å²) in [5.41, 5.74) is 1.20. The van der Waals surface area contributed by atoms with E-state index in [0.29, 0.717) is 4.83 Å². The summed E-state index contributed by atoms with van der Waals surface area (Å²) < 4.78 is 1.66. The number of hydrogen-bond donors (Lipinski definition) is 0. The first-order chi connectivity index (χ1) is 7.68. The van der Waals surface area contributed by atoms with Gasteiger partial charge < -0.3 is 0 Å². The zero-order valence-electron chi connectivity index (χ0n) is 8.76. The molecule has 0 aromatic carbocycles. The van der Waals surface area contributed by atoms with Gasteiger partial charge >= 0.3 is 0 Å². The van der Waals surface area contributed by atoms with E-state index >= 15 is 0 Å². The highest BCUT2D eigenvalue weighted by Crippen LogP contribution is 2.63. The fourth-order valence-electron chi connectivity index (χ4n) is 3.23. The monoisotopic (exact) mass is 338 g/mol. The van der Waals surface area contributed by atoms with E-state index < -0.39 is 0 Å². The predicted octanol–water partition coefficient (Wildman–Crippen LogP) is 5.93. The lowest BCUT2D eigenvalue weighted by Crippen LogP contribution is -1.93. The Labute approximate surface area is 118 Å². The zero-order chi connectivity index (χ0) is 11.3. The van der Waals surface area contributed by atoms with Gasteiger partial charge in [-0.15, -0.1) is 11.3 Å². The summed E-state index contributed by atoms with van der Waals surface area (Å²) in [4.78, 5) is 0.414. The van der Waals surface area contributed by atoms with Gasteiger partial charge in [0.2, 0.25) is 0 Å². The molecule has 0 aliphatic heterocycles. The van der Waals surface area contributed by atoms with E-state index in [1.54, 1.807) is 0 Å². The fourth-order valence-corrected chi connectivity index (χ4v) is 6.21. The van der Waals surface area contributed by atoms with Gasteiger partial charge in [-0.3, -0.25) is 0 Å². The Morgan fingerprint density at radius 3 is 2.38 bits per heavy atom. The molecule has 0 spiro atoms. The van der Waals surface area contributed by atoms with Gasteiger partial charge in [-0.05, 0) is 42.2 Å². The summed E-state index contributed by atoms with van der Waals surface area (Å²) in [6, 6.07) is 2.03. The average molecular weight is 340 g/mol. The first-order valence-corrected chi connectivity index (χ1v) is 8.26. The van der Waals surface area contributed by atoms with Crippen LogP contribution in [-0.2, 0) is 0 Å². The lowest BCUT2D eigenvalue weighted by molar-refractivity contribution is 0.480. The zero-order valence-corrected chi connectivity index (χ0v) is 12.7. The minimum atomic E-state index is 0.414. The van der Waals surface area contributed by atoms with E-state index in [1.807, 2.05) is 6.07 Å². The Morgan fingerprint density at radius 2 is 1.88 bits per heavy atom. The Morgan fingerprint density at radius 1 is 1.25 bits per heavy atom. The molecular formula is C12H13BrCl2S. The van der Waals surface area contributed by atoms with Crippen molar-refractivity contribution in [3.63, 3.8) is 0 Å². The van der Waals surface area contributed by atoms with Crippen molar-refractivity contribution in [1.29, 1.82) is 0 Å². The van der Waals surface area contributed by atoms with Gasteiger partial charge in [-0.1, -0.05) is 52.0 Å². The van der Waals surface area contributed by atoms with Gasteiger partial charge in [-0.2, -0.15) is 0 Å². The van der Waals surface area contributed by atoms with Crippen LogP contribution in [-0.4, -0.2) is 0 Å². The van der Waals surface area contributed by atoms with Gasteiger partial charge in [0, 0.05) is 4.83 Å². The second-order valence-electron chi connectivity index (χ2n) is 4.87. The maximum Gasteiger partial charge on any atom is 0.0987 e. The summed E-state index contributed by atoms with van der Waals surface area (Å²) >= 11 is 17.5. The van der Waals surface area contributed by atoms with Crippen molar-refractivity contribution in [1.82, 2.24) is 0 Å². The summed E-state index contributed by atoms with van der Waals surface area (Å²) in [6.07, 6.45) is 5.64. The van der Waals surface area contributed by atoms with E-state index in [9.17, 15) is 0 Å². The van der Waals surface area contributed by atoms with Crippen LogP contribution in [0.3, 0.4) is 0 Å². The molecule has 0 radical (unpaired) electrons. The fraction of sp³-hybridized carbons (Fsp3) is 0.667. The highest BCUT2D eigenvalue weighted by Gasteiger charge is 2.54. The molecule has 3 rings (SSSR count). The van der Waals surface area contributed by atoms with Crippen LogP contribution in [0.4, 0.5) is 0 Å². The smallest absolute Gasteiger partial charge is 0.0987 e. The molecule has 88 valence electrons. The Balaban J connectivity index is 1.78. The average Bonchev–Trinajstić information content (AvgIpc) is 2.89. The second kappa shape index (κ2) is 4.46. The molecule has 0 amide bonds. The van der Waals surface area contributed by atoms with Crippen molar-refractivity contribution in [2.45, 2.75) is 30.5 Å². The molecule has 2 aliphatic carbocycles. The van der Waals surface area contributed by atoms with Gasteiger partial charge in [0.15, 0.2) is 0 Å². The third kappa shape index (κ3) is 1.96. The van der Waals surface area contributed by atoms with Crippen molar-refractivity contribution in [3.05, 3.63) is 20.3 Å². The molecule has 2 aliphatic rings. The maximum absolute atomic E-state index is 6.21. The molecule has 3 atom stereocenters. The Kier molecular flexibility index (Phi) is 3.29. The summed E-state index contributed by atoms with van der Waals surface area (Å²) in [6.45, 7) is 0. The normalized spacial score (nSPS) is 34.6. The van der Waals surface area contributed by atoms with Crippen LogP contribution in [0.5, 0.6) is 0 Å². The Bertz CT molecular complexity index is 392. The van der Waals surface area contributed by atoms with Crippen LogP contribution >= 0.6 is 50.5 Å². The number of fused-ring (bicyclic) bond motifs is 1. The largest absolute Gasteiger partial charge is 0.111 e. The molecule has 3 unspecified atom stereocenters. The molecule has 0 bridgehead atoms. The van der Waals surface area contributed by atoms with Crippen LogP contribution < -0.4 is 0 Å². The van der Waals surface area contributed by atoms with Crippen molar-refractivity contribution in [3.8, 4) is 0 Å². The molecule has 0 nitrogen and oxygen atoms in total. The Hall–Kier alpha value is 0.760. The van der Waals surface area contributed by atoms with Crippen molar-refractivity contribution < 1.29 is 0 Å². The van der Waals surface area contributed by atoms with Crippen LogP contribution in [0.15, 0.2) is 6.07 Å². The van der Waals surface area contributed by atoms with Crippen molar-refractivity contribution >= 4 is 50.5 Å². The molecule has 2 saturated carbocycles. The lowest BCUT2D eigenvalue weighted by atomic mass is 10.0. The van der Waals surface area contributed by atoms with E-state index in [4.69, 9.17) is 23.2 Å². The van der Waals surface area contributed by atoms with Crippen LogP contribution in [0.25, 0.3) is 0 Å². The first-order valence-electron chi connectivity index (χ1n) is 5.77. The molecule has 0 N–H and O–H groups in total. The standard InChI is InChI=1S/C12H13BrCl2S/c13-11(8-5-9(14)16-12(8)15)10-6-3-1-2-4-7(6)10/h5-7,10-11H,1-4H2. The highest BCUT2D eigenvalue weighted by molar-refractivity contribution is 9.09. The first kappa shape index (κ1) is 11.8. The lowest BCUT2D eigenvalue weighted by Gasteiger charge is -2.07. The maximum atomic E-state index is 6.21. The minimum absolute atomic E-state index is 0.414. The van der Waals surface area contributed by atoms with E-state index in [0.717, 1.165) is 26.4 Å². The number of thiophene rings is 1. The summed E-state index contributed by atoms with van der Waals surface area (Å²) in [5.74, 6) is 2.67. The third-order valence-corrected chi connectivity index (χ3v) is 6.66. The quantitative estimate of drug-likeness (QED) is 0.586. The van der Waals surface area contributed by atoms with E-state index in [-0.39, 0.29) is 0 Å². The van der Waals surface area contributed by atoms with Crippen molar-refractivity contribution in [2.75, 3.05) is 0 Å². The molecule has 16 heavy (non-hydrogen) atoms. The molecule has 1 aromatic rings. The third-order valence-electron chi connectivity index (χ3n) is 4.04. The molecule has 1 aromatic heterocycles. The molecule has 2 fully saturated rings. The molecule has 1 heterocycles. The van der Waals surface area contributed by atoms with Gasteiger partial charge in [0.25, 0.3) is 0 Å². The summed E-state index contributed by atoms with van der Waals surface area (Å²) in [7, 11) is 0. The van der Waals surface area contributed by atoms with E-state index in [1.165, 1.54) is 42.6 Å². The van der Waals surface area contributed by atoms with Gasteiger partial charge in [0.1, 0.15) is 0 Å². The summed E-state index contributed by atoms with van der Waals surface area (Å²) in [5, 5.41) is 0. The second-order valence-corrected chi connectivity index (χ2v) is 8.14. The molecule has 0 saturated heterocycles. The topological polar surface area (TPSA) is 0 Å². The van der Waals surface area contributed by atoms with Crippen molar-refractivity contribution in [2.24, 2.45) is 17.8 Å². The number of halogens is 3. The SMILES string of the molecule is Clc1cc(C(Br)C2C3CCCCC32)c(Cl)s1. The highest BCUT2D eigenvalue weighted by atomic mass is 79.9. The molecular weight excluding hydrogens is 327 g/mol.